The van der Waals surface area contributed by atoms with E-state index >= 15 is 0 Å². The van der Waals surface area contributed by atoms with Crippen LogP contribution in [-0.4, -0.2) is 12.5 Å². The van der Waals surface area contributed by atoms with Gasteiger partial charge in [-0.1, -0.05) is 43.2 Å². The smallest absolute Gasteiger partial charge is 0.223 e. The zero-order valence-electron chi connectivity index (χ0n) is 11.9. The third-order valence-corrected chi connectivity index (χ3v) is 4.94. The van der Waals surface area contributed by atoms with Gasteiger partial charge in [0.05, 0.1) is 0 Å². The molecule has 3 rings (SSSR count). The van der Waals surface area contributed by atoms with Crippen LogP contribution in [0, 0.1) is 17.8 Å². The fourth-order valence-electron chi connectivity index (χ4n) is 3.72. The molecule has 1 amide bonds. The van der Waals surface area contributed by atoms with Gasteiger partial charge < -0.3 is 11.1 Å². The maximum Gasteiger partial charge on any atom is 0.223 e. The van der Waals surface area contributed by atoms with Crippen LogP contribution in [0.25, 0.3) is 0 Å². The van der Waals surface area contributed by atoms with Gasteiger partial charge in [0.15, 0.2) is 0 Å². The molecule has 0 aliphatic heterocycles. The van der Waals surface area contributed by atoms with E-state index in [4.69, 9.17) is 5.73 Å². The van der Waals surface area contributed by atoms with Gasteiger partial charge in [-0.05, 0) is 36.7 Å². The highest BCUT2D eigenvalue weighted by Gasteiger charge is 2.54. The summed E-state index contributed by atoms with van der Waals surface area (Å²) in [7, 11) is 0. The maximum atomic E-state index is 12.1. The first kappa shape index (κ1) is 13.6. The monoisotopic (exact) mass is 272 g/mol. The van der Waals surface area contributed by atoms with Crippen LogP contribution >= 0.6 is 0 Å². The number of benzene rings is 1. The normalized spacial score (nSPS) is 29.4. The third-order valence-electron chi connectivity index (χ3n) is 4.94. The number of rotatable bonds is 5. The summed E-state index contributed by atoms with van der Waals surface area (Å²) in [4.78, 5) is 12.1. The molecule has 3 unspecified atom stereocenters. The Kier molecular flexibility index (Phi) is 4.06. The Balaban J connectivity index is 1.41. The minimum Gasteiger partial charge on any atom is -0.356 e. The highest BCUT2D eigenvalue weighted by Crippen LogP contribution is 2.55. The number of fused-ring (bicyclic) bond motifs is 1. The molecule has 3 N–H and O–H groups in total. The first-order chi connectivity index (χ1) is 9.77. The summed E-state index contributed by atoms with van der Waals surface area (Å²) in [5, 5.41) is 3.08. The molecule has 2 saturated carbocycles. The average molecular weight is 272 g/mol. The third kappa shape index (κ3) is 2.88. The summed E-state index contributed by atoms with van der Waals surface area (Å²) in [5.74, 6) is 1.95. The van der Waals surface area contributed by atoms with Crippen LogP contribution in [-0.2, 0) is 4.79 Å². The zero-order chi connectivity index (χ0) is 13.9. The number of amides is 1. The van der Waals surface area contributed by atoms with E-state index in [2.05, 4.69) is 5.32 Å². The van der Waals surface area contributed by atoms with Crippen LogP contribution in [0.4, 0.5) is 0 Å². The van der Waals surface area contributed by atoms with Crippen molar-refractivity contribution in [2.75, 3.05) is 6.54 Å². The Morgan fingerprint density at radius 1 is 1.20 bits per heavy atom. The molecule has 0 spiro atoms. The molecule has 0 radical (unpaired) electrons. The summed E-state index contributed by atoms with van der Waals surface area (Å²) in [5.41, 5.74) is 7.28. The second-order valence-electron chi connectivity index (χ2n) is 6.23. The van der Waals surface area contributed by atoms with Gasteiger partial charge in [-0.25, -0.2) is 0 Å². The minimum absolute atomic E-state index is 0.0120. The van der Waals surface area contributed by atoms with Crippen molar-refractivity contribution in [1.29, 1.82) is 0 Å². The van der Waals surface area contributed by atoms with E-state index in [1.165, 1.54) is 25.7 Å². The lowest BCUT2D eigenvalue weighted by Crippen LogP contribution is -2.29. The van der Waals surface area contributed by atoms with Crippen molar-refractivity contribution in [1.82, 2.24) is 5.32 Å². The lowest BCUT2D eigenvalue weighted by atomic mass is 10.0. The Hall–Kier alpha value is -1.35. The maximum absolute atomic E-state index is 12.1. The Bertz CT molecular complexity index is 447. The van der Waals surface area contributed by atoms with Crippen LogP contribution in [0.15, 0.2) is 30.3 Å². The van der Waals surface area contributed by atoms with Gasteiger partial charge in [-0.3, -0.25) is 4.79 Å². The van der Waals surface area contributed by atoms with Gasteiger partial charge in [-0.2, -0.15) is 0 Å². The van der Waals surface area contributed by atoms with Crippen LogP contribution < -0.4 is 11.1 Å². The van der Waals surface area contributed by atoms with E-state index in [1.54, 1.807) is 0 Å². The molecule has 2 aliphatic carbocycles. The number of nitrogens with two attached hydrogens (primary N) is 1. The van der Waals surface area contributed by atoms with E-state index in [1.807, 2.05) is 30.3 Å². The quantitative estimate of drug-likeness (QED) is 0.865. The van der Waals surface area contributed by atoms with Gasteiger partial charge in [-0.15, -0.1) is 0 Å². The Labute approximate surface area is 120 Å². The van der Waals surface area contributed by atoms with Crippen molar-refractivity contribution >= 4 is 5.91 Å². The van der Waals surface area contributed by atoms with E-state index < -0.39 is 0 Å². The Morgan fingerprint density at radius 2 is 1.85 bits per heavy atom. The number of hydrogen-bond donors (Lipinski definition) is 2. The van der Waals surface area contributed by atoms with Gasteiger partial charge in [0.25, 0.3) is 0 Å². The topological polar surface area (TPSA) is 55.1 Å². The first-order valence-electron chi connectivity index (χ1n) is 7.85. The number of carbonyl (C=O) groups is 1. The van der Waals surface area contributed by atoms with Gasteiger partial charge in [0, 0.05) is 18.5 Å². The van der Waals surface area contributed by atoms with Crippen molar-refractivity contribution in [2.45, 2.75) is 38.1 Å². The summed E-state index contributed by atoms with van der Waals surface area (Å²) in [6, 6.07) is 10.1. The molecule has 0 aromatic heterocycles. The fraction of sp³-hybridized carbons (Fsp3) is 0.588. The van der Waals surface area contributed by atoms with Crippen LogP contribution in [0.2, 0.25) is 0 Å². The molecule has 2 aliphatic rings. The number of nitrogens with one attached hydrogen (secondary N) is 1. The lowest BCUT2D eigenvalue weighted by molar-refractivity contribution is -0.122. The van der Waals surface area contributed by atoms with E-state index in [9.17, 15) is 4.79 Å². The summed E-state index contributed by atoms with van der Waals surface area (Å²) in [6.45, 7) is 0.685. The summed E-state index contributed by atoms with van der Waals surface area (Å²) < 4.78 is 0. The van der Waals surface area contributed by atoms with Gasteiger partial charge in [0.1, 0.15) is 0 Å². The highest BCUT2D eigenvalue weighted by atomic mass is 16.2. The molecule has 3 nitrogen and oxygen atoms in total. The number of carbonyl (C=O) groups excluding carboxylic acids is 1. The first-order valence-corrected chi connectivity index (χ1v) is 7.85. The molecule has 2 fully saturated rings. The average Bonchev–Trinajstić information content (AvgIpc) is 3.22. The second kappa shape index (κ2) is 5.96. The molecule has 0 heterocycles. The predicted octanol–water partition coefficient (Wildman–Crippen LogP) is 2.63. The second-order valence-corrected chi connectivity index (χ2v) is 6.23. The lowest BCUT2D eigenvalue weighted by Gasteiger charge is -2.12. The SMILES string of the molecule is NC(CCNC(=O)C1C2CCCCC21)c1ccccc1. The summed E-state index contributed by atoms with van der Waals surface area (Å²) in [6.07, 6.45) is 5.93. The molecular weight excluding hydrogens is 248 g/mol. The van der Waals surface area contributed by atoms with Crippen molar-refractivity contribution < 1.29 is 4.79 Å². The predicted molar refractivity (Wildman–Crippen MR) is 79.9 cm³/mol. The van der Waals surface area contributed by atoms with Crippen LogP contribution in [0.1, 0.15) is 43.7 Å². The van der Waals surface area contributed by atoms with Crippen LogP contribution in [0.3, 0.4) is 0 Å². The largest absolute Gasteiger partial charge is 0.356 e. The van der Waals surface area contributed by atoms with Crippen molar-refractivity contribution in [3.05, 3.63) is 35.9 Å². The zero-order valence-corrected chi connectivity index (χ0v) is 11.9. The minimum atomic E-state index is 0.0120. The van der Waals surface area contributed by atoms with Gasteiger partial charge >= 0.3 is 0 Å². The molecule has 3 heteroatoms. The molecule has 3 atom stereocenters. The molecular formula is C17H24N2O. The molecule has 1 aromatic rings. The summed E-state index contributed by atoms with van der Waals surface area (Å²) >= 11 is 0. The van der Waals surface area contributed by atoms with Crippen molar-refractivity contribution in [3.63, 3.8) is 0 Å². The molecule has 108 valence electrons. The standard InChI is InChI=1S/C17H24N2O/c18-15(12-6-2-1-3-7-12)10-11-19-17(20)16-13-8-4-5-9-14(13)16/h1-3,6-7,13-16H,4-5,8-11,18H2,(H,19,20). The molecule has 0 bridgehead atoms. The fourth-order valence-corrected chi connectivity index (χ4v) is 3.72. The van der Waals surface area contributed by atoms with E-state index in [0.29, 0.717) is 24.3 Å². The van der Waals surface area contributed by atoms with Gasteiger partial charge in [0.2, 0.25) is 5.91 Å². The van der Waals surface area contributed by atoms with Crippen LogP contribution in [0.5, 0.6) is 0 Å². The van der Waals surface area contributed by atoms with E-state index in [0.717, 1.165) is 12.0 Å². The van der Waals surface area contributed by atoms with Crippen molar-refractivity contribution in [3.8, 4) is 0 Å². The number of hydrogen-bond acceptors (Lipinski definition) is 2. The molecule has 0 saturated heterocycles. The van der Waals surface area contributed by atoms with Crippen molar-refractivity contribution in [2.24, 2.45) is 23.5 Å². The Morgan fingerprint density at radius 3 is 2.50 bits per heavy atom. The highest BCUT2D eigenvalue weighted by molar-refractivity contribution is 5.82. The molecule has 1 aromatic carbocycles. The van der Waals surface area contributed by atoms with E-state index in [-0.39, 0.29) is 11.9 Å². The molecule has 20 heavy (non-hydrogen) atoms.